The van der Waals surface area contributed by atoms with E-state index in [1.165, 1.54) is 7.11 Å². The first-order valence-electron chi connectivity index (χ1n) is 12.3. The molecule has 1 aliphatic carbocycles. The van der Waals surface area contributed by atoms with Crippen molar-refractivity contribution in [1.82, 2.24) is 0 Å². The predicted octanol–water partition coefficient (Wildman–Crippen LogP) is 4.01. The Balaban J connectivity index is 0.00000353. The molecule has 0 unspecified atom stereocenters. The molecular formula is C29H29KO9. The fourth-order valence-corrected chi connectivity index (χ4v) is 5.30. The zero-order valence-corrected chi connectivity index (χ0v) is 21.0. The van der Waals surface area contributed by atoms with Crippen molar-refractivity contribution in [1.29, 1.82) is 0 Å². The fourth-order valence-electron chi connectivity index (χ4n) is 5.30. The predicted molar refractivity (Wildman–Crippen MR) is 143 cm³/mol. The van der Waals surface area contributed by atoms with Gasteiger partial charge in [-0.15, -0.1) is 0 Å². The quantitative estimate of drug-likeness (QED) is 0.354. The molecule has 3 atom stereocenters. The first-order valence-corrected chi connectivity index (χ1v) is 12.3. The van der Waals surface area contributed by atoms with Crippen molar-refractivity contribution in [3.05, 3.63) is 76.9 Å². The van der Waals surface area contributed by atoms with Crippen molar-refractivity contribution in [3.8, 4) is 28.7 Å². The first kappa shape index (κ1) is 29.2. The van der Waals surface area contributed by atoms with Gasteiger partial charge < -0.3 is 33.9 Å². The monoisotopic (exact) mass is 560 g/mol. The molecule has 2 N–H and O–H groups in total. The van der Waals surface area contributed by atoms with E-state index in [-0.39, 0.29) is 63.9 Å². The van der Waals surface area contributed by atoms with E-state index in [9.17, 15) is 19.8 Å². The molecule has 0 bridgehead atoms. The van der Waals surface area contributed by atoms with Gasteiger partial charge in [0.2, 0.25) is 6.79 Å². The van der Waals surface area contributed by atoms with Gasteiger partial charge in [0.15, 0.2) is 18.1 Å². The van der Waals surface area contributed by atoms with Crippen molar-refractivity contribution in [2.45, 2.75) is 25.2 Å². The summed E-state index contributed by atoms with van der Waals surface area (Å²) >= 11 is 0. The van der Waals surface area contributed by atoms with Crippen LogP contribution in [0.25, 0.3) is 0 Å². The van der Waals surface area contributed by atoms with Crippen LogP contribution in [0.1, 0.15) is 47.4 Å². The van der Waals surface area contributed by atoms with Crippen molar-refractivity contribution in [2.75, 3.05) is 27.1 Å². The Kier molecular flexibility index (Phi) is 9.45. The molecule has 1 aliphatic heterocycles. The molecule has 2 aliphatic rings. The molecule has 0 fully saturated rings. The molecule has 0 saturated carbocycles. The van der Waals surface area contributed by atoms with Gasteiger partial charge in [0.1, 0.15) is 17.2 Å². The second kappa shape index (κ2) is 12.6. The Morgan fingerprint density at radius 3 is 2.33 bits per heavy atom. The zero-order valence-electron chi connectivity index (χ0n) is 21.0. The van der Waals surface area contributed by atoms with Crippen LogP contribution in [0.5, 0.6) is 28.7 Å². The second-order valence-corrected chi connectivity index (χ2v) is 9.16. The topological polar surface area (TPSA) is 121 Å². The normalized spacial score (nSPS) is 18.6. The van der Waals surface area contributed by atoms with Crippen LogP contribution in [0.15, 0.2) is 54.6 Å². The van der Waals surface area contributed by atoms with Crippen molar-refractivity contribution in [2.24, 2.45) is 5.92 Å². The van der Waals surface area contributed by atoms with E-state index in [1.807, 2.05) is 37.3 Å². The molecule has 200 valence electrons. The first-order chi connectivity index (χ1) is 18.4. The van der Waals surface area contributed by atoms with Crippen LogP contribution in [-0.2, 0) is 9.59 Å². The molecule has 10 heteroatoms. The number of carboxylic acid groups (broad SMARTS) is 2. The van der Waals surface area contributed by atoms with Crippen LogP contribution in [0, 0.1) is 5.92 Å². The van der Waals surface area contributed by atoms with Crippen LogP contribution in [0.3, 0.4) is 0 Å². The summed E-state index contributed by atoms with van der Waals surface area (Å²) < 4.78 is 27.9. The van der Waals surface area contributed by atoms with Crippen LogP contribution < -0.4 is 23.7 Å². The molecule has 5 rings (SSSR count). The molecule has 0 amide bonds. The number of fused-ring (bicyclic) bond motifs is 2. The number of aliphatic carboxylic acids is 2. The Morgan fingerprint density at radius 1 is 0.872 bits per heavy atom. The molecule has 9 nitrogen and oxygen atoms in total. The number of ether oxygens (including phenoxy) is 5. The van der Waals surface area contributed by atoms with Gasteiger partial charge in [0.25, 0.3) is 0 Å². The Bertz CT molecular complexity index is 1370. The van der Waals surface area contributed by atoms with Crippen LogP contribution in [-0.4, -0.2) is 101 Å². The number of methoxy groups -OCH3 is 1. The number of rotatable bonds is 10. The van der Waals surface area contributed by atoms with E-state index in [1.54, 1.807) is 24.3 Å². The summed E-state index contributed by atoms with van der Waals surface area (Å²) in [5, 5.41) is 19.9. The average Bonchev–Trinajstić information content (AvgIpc) is 3.52. The van der Waals surface area contributed by atoms with Gasteiger partial charge in [0.05, 0.1) is 19.6 Å². The molecule has 0 spiro atoms. The average molecular weight is 561 g/mol. The van der Waals surface area contributed by atoms with Gasteiger partial charge in [-0.1, -0.05) is 25.1 Å². The third-order valence-corrected chi connectivity index (χ3v) is 6.87. The summed E-state index contributed by atoms with van der Waals surface area (Å²) in [6, 6.07) is 16.2. The molecule has 3 aromatic carbocycles. The minimum atomic E-state index is -1.14. The number of carboxylic acids is 2. The summed E-state index contributed by atoms with van der Waals surface area (Å²) in [4.78, 5) is 24.3. The fraction of sp³-hybridized carbons (Fsp3) is 0.310. The Morgan fingerprint density at radius 2 is 1.62 bits per heavy atom. The summed E-state index contributed by atoms with van der Waals surface area (Å²) in [7, 11) is 1.49. The molecule has 1 heterocycles. The second-order valence-electron chi connectivity index (χ2n) is 9.16. The summed E-state index contributed by atoms with van der Waals surface area (Å²) in [6.45, 7) is 2.06. The third-order valence-electron chi connectivity index (χ3n) is 6.87. The molecule has 0 aromatic heterocycles. The van der Waals surface area contributed by atoms with Gasteiger partial charge in [-0.05, 0) is 53.4 Å². The number of carbonyl (C=O) groups is 2. The van der Waals surface area contributed by atoms with E-state index in [0.717, 1.165) is 23.1 Å². The van der Waals surface area contributed by atoms with Crippen molar-refractivity contribution < 1.29 is 43.5 Å². The summed E-state index contributed by atoms with van der Waals surface area (Å²) in [5.41, 5.74) is 2.94. The van der Waals surface area contributed by atoms with Gasteiger partial charge in [0, 0.05) is 23.5 Å². The van der Waals surface area contributed by atoms with Gasteiger partial charge in [-0.2, -0.15) is 0 Å². The van der Waals surface area contributed by atoms with E-state index < -0.39 is 36.3 Å². The number of hydrogen-bond donors (Lipinski definition) is 2. The van der Waals surface area contributed by atoms with Gasteiger partial charge in [-0.25, -0.2) is 4.79 Å². The standard InChI is InChI=1S/C29H28O9.K.H/c1-3-10-35-18-6-7-19-21(12-18)27(20-8-5-17(34-2)13-23(20)36-14-25(30)31)28(29(32)33)26(19)16-4-9-22-24(11-16)38-15-37-22;;/h4-9,11-13,26-28H,3,10,14-15H2,1-2H3,(H,30,31)(H,32,33);;/t26-,27+,28+;;/m0../s1. The Hall–Kier alpha value is -2.76. The Labute approximate surface area is 268 Å². The summed E-state index contributed by atoms with van der Waals surface area (Å²) in [5.74, 6) is -1.72. The van der Waals surface area contributed by atoms with Gasteiger partial charge in [-0.3, -0.25) is 4.79 Å². The van der Waals surface area contributed by atoms with Crippen LogP contribution in [0.2, 0.25) is 0 Å². The zero-order chi connectivity index (χ0) is 26.8. The SMILES string of the molecule is CCCOc1ccc2c(c1)[C@@H](c1ccc(OC)cc1OCC(=O)O)[C@H](C(=O)O)[C@H]2c1ccc2c(c1)OCO2.[KH]. The van der Waals surface area contributed by atoms with Crippen LogP contribution >= 0.6 is 0 Å². The maximum atomic E-state index is 13.0. The molecular weight excluding hydrogens is 531 g/mol. The van der Waals surface area contributed by atoms with Crippen molar-refractivity contribution in [3.63, 3.8) is 0 Å². The van der Waals surface area contributed by atoms with E-state index in [2.05, 4.69) is 0 Å². The third kappa shape index (κ3) is 5.90. The molecule has 0 radical (unpaired) electrons. The maximum absolute atomic E-state index is 13.0. The van der Waals surface area contributed by atoms with E-state index in [4.69, 9.17) is 23.7 Å². The molecule has 0 saturated heterocycles. The summed E-state index contributed by atoms with van der Waals surface area (Å²) in [6.07, 6.45) is 0.823. The number of benzene rings is 3. The van der Waals surface area contributed by atoms with Crippen molar-refractivity contribution >= 4 is 63.3 Å². The van der Waals surface area contributed by atoms with Gasteiger partial charge >= 0.3 is 63.3 Å². The van der Waals surface area contributed by atoms with E-state index in [0.29, 0.717) is 35.2 Å². The minimum absolute atomic E-state index is 0. The van der Waals surface area contributed by atoms with E-state index >= 15 is 0 Å². The molecule has 3 aromatic rings. The number of hydrogen-bond acceptors (Lipinski definition) is 7. The molecule has 39 heavy (non-hydrogen) atoms. The van der Waals surface area contributed by atoms with Crippen LogP contribution in [0.4, 0.5) is 0 Å².